The molecule has 0 aliphatic heterocycles. The second-order valence-electron chi connectivity index (χ2n) is 6.36. The normalized spacial score (nSPS) is 12.1. The maximum absolute atomic E-state index is 12.7. The third-order valence-electron chi connectivity index (χ3n) is 4.18. The van der Waals surface area contributed by atoms with Gasteiger partial charge in [-0.15, -0.1) is 11.3 Å². The van der Waals surface area contributed by atoms with Gasteiger partial charge in [0, 0.05) is 5.56 Å². The van der Waals surface area contributed by atoms with Crippen molar-refractivity contribution in [2.24, 2.45) is 0 Å². The molecule has 0 bridgehead atoms. The van der Waals surface area contributed by atoms with Crippen molar-refractivity contribution in [1.82, 2.24) is 5.32 Å². The van der Waals surface area contributed by atoms with Crippen LogP contribution in [0.5, 0.6) is 5.75 Å². The summed E-state index contributed by atoms with van der Waals surface area (Å²) in [5.41, 5.74) is 0.900. The van der Waals surface area contributed by atoms with Crippen molar-refractivity contribution < 1.29 is 23.9 Å². The minimum atomic E-state index is -1.98. The molecule has 7 nitrogen and oxygen atoms in total. The number of halogens is 3. The molecule has 1 aromatic carbocycles. The van der Waals surface area contributed by atoms with E-state index in [2.05, 4.69) is 10.6 Å². The van der Waals surface area contributed by atoms with E-state index in [0.717, 1.165) is 11.3 Å². The Balaban J connectivity index is 2.38. The minimum absolute atomic E-state index is 0.144. The van der Waals surface area contributed by atoms with E-state index in [9.17, 15) is 14.4 Å². The van der Waals surface area contributed by atoms with E-state index in [4.69, 9.17) is 44.3 Å². The second kappa shape index (κ2) is 10.5. The average molecular weight is 508 g/mol. The first-order valence-electron chi connectivity index (χ1n) is 9.09. The molecule has 0 aliphatic rings. The number of alkyl halides is 3. The van der Waals surface area contributed by atoms with Crippen molar-refractivity contribution in [3.05, 3.63) is 45.8 Å². The van der Waals surface area contributed by atoms with Crippen LogP contribution in [0, 0.1) is 6.92 Å². The third-order valence-corrected chi connectivity index (χ3v) is 6.16. The second-order valence-corrected chi connectivity index (χ2v) is 9.75. The van der Waals surface area contributed by atoms with Crippen LogP contribution < -0.4 is 15.4 Å². The number of ketones is 1. The molecule has 0 spiro atoms. The molecule has 2 rings (SSSR count). The first-order valence-corrected chi connectivity index (χ1v) is 11.0. The third kappa shape index (κ3) is 6.26. The van der Waals surface area contributed by atoms with Gasteiger partial charge in [-0.25, -0.2) is 4.79 Å². The zero-order valence-corrected chi connectivity index (χ0v) is 20.3. The molecule has 168 valence electrons. The molecule has 1 heterocycles. The predicted molar refractivity (Wildman–Crippen MR) is 123 cm³/mol. The maximum Gasteiger partial charge on any atom is 0.341 e. The summed E-state index contributed by atoms with van der Waals surface area (Å²) in [6.45, 7) is 4.82. The molecule has 2 N–H and O–H groups in total. The number of amides is 1. The van der Waals surface area contributed by atoms with Crippen LogP contribution in [0.2, 0.25) is 0 Å². The van der Waals surface area contributed by atoms with Crippen molar-refractivity contribution in [1.29, 1.82) is 0 Å². The number of hydrogen-bond acceptors (Lipinski definition) is 7. The lowest BCUT2D eigenvalue weighted by molar-refractivity contribution is 0.0527. The van der Waals surface area contributed by atoms with Crippen molar-refractivity contribution in [2.45, 2.75) is 30.7 Å². The molecule has 1 amide bonds. The molecule has 0 aliphatic carbocycles. The molecule has 0 radical (unpaired) electrons. The van der Waals surface area contributed by atoms with Gasteiger partial charge in [0.05, 0.1) is 24.2 Å². The Labute approximate surface area is 198 Å². The number of carbonyl (C=O) groups excluding carboxylic acids is 3. The van der Waals surface area contributed by atoms with Gasteiger partial charge >= 0.3 is 5.97 Å². The van der Waals surface area contributed by atoms with Crippen molar-refractivity contribution in [2.75, 3.05) is 19.0 Å². The lowest BCUT2D eigenvalue weighted by Gasteiger charge is -2.27. The number of thiophene rings is 1. The zero-order chi connectivity index (χ0) is 23.3. The number of benzene rings is 1. The van der Waals surface area contributed by atoms with E-state index in [0.29, 0.717) is 21.8 Å². The van der Waals surface area contributed by atoms with Gasteiger partial charge in [0.1, 0.15) is 16.9 Å². The van der Waals surface area contributed by atoms with Crippen molar-refractivity contribution >= 4 is 68.8 Å². The standard InChI is InChI=1S/C20H21Cl3N2O5S/c1-5-30-18(28)14-10(2)15(11(3)26)31-17(14)25-19(20(21,22)23)24-16(27)12-6-8-13(29-4)9-7-12/h6-9,19,25H,5H2,1-4H3,(H,24,27)/t19-/m1/s1. The van der Waals surface area contributed by atoms with E-state index in [-0.39, 0.29) is 23.0 Å². The molecule has 0 unspecified atom stereocenters. The van der Waals surface area contributed by atoms with Gasteiger partial charge in [-0.3, -0.25) is 9.59 Å². The summed E-state index contributed by atoms with van der Waals surface area (Å²) in [5.74, 6) is -0.800. The number of anilines is 1. The van der Waals surface area contributed by atoms with E-state index in [1.54, 1.807) is 38.1 Å². The zero-order valence-electron chi connectivity index (χ0n) is 17.2. The van der Waals surface area contributed by atoms with Crippen LogP contribution in [0.4, 0.5) is 5.00 Å². The number of methoxy groups -OCH3 is 1. The highest BCUT2D eigenvalue weighted by Crippen LogP contribution is 2.38. The molecule has 1 atom stereocenters. The van der Waals surface area contributed by atoms with E-state index >= 15 is 0 Å². The average Bonchev–Trinajstić information content (AvgIpc) is 3.03. The van der Waals surface area contributed by atoms with Crippen LogP contribution in [-0.2, 0) is 4.74 Å². The summed E-state index contributed by atoms with van der Waals surface area (Å²) in [6.07, 6.45) is -1.22. The van der Waals surface area contributed by atoms with E-state index in [1.807, 2.05) is 0 Å². The smallest absolute Gasteiger partial charge is 0.341 e. The van der Waals surface area contributed by atoms with Crippen LogP contribution in [0.15, 0.2) is 24.3 Å². The van der Waals surface area contributed by atoms with Crippen LogP contribution >= 0.6 is 46.1 Å². The highest BCUT2D eigenvalue weighted by Gasteiger charge is 2.36. The summed E-state index contributed by atoms with van der Waals surface area (Å²) >= 11 is 19.3. The minimum Gasteiger partial charge on any atom is -0.497 e. The Morgan fingerprint density at radius 3 is 2.26 bits per heavy atom. The molecule has 0 fully saturated rings. The first-order chi connectivity index (χ1) is 14.5. The number of esters is 1. The molecule has 2 aromatic rings. The summed E-state index contributed by atoms with van der Waals surface area (Å²) in [5, 5.41) is 5.72. The van der Waals surface area contributed by atoms with Crippen molar-refractivity contribution in [3.63, 3.8) is 0 Å². The fraction of sp³-hybridized carbons (Fsp3) is 0.350. The van der Waals surface area contributed by atoms with E-state index < -0.39 is 21.8 Å². The first kappa shape index (κ1) is 25.3. The van der Waals surface area contributed by atoms with Crippen LogP contribution in [0.25, 0.3) is 0 Å². The molecular formula is C20H21Cl3N2O5S. The highest BCUT2D eigenvalue weighted by molar-refractivity contribution is 7.18. The molecule has 31 heavy (non-hydrogen) atoms. The van der Waals surface area contributed by atoms with Gasteiger partial charge in [-0.2, -0.15) is 0 Å². The summed E-state index contributed by atoms with van der Waals surface area (Å²) in [7, 11) is 1.51. The van der Waals surface area contributed by atoms with Crippen LogP contribution in [0.3, 0.4) is 0 Å². The number of rotatable bonds is 8. The predicted octanol–water partition coefficient (Wildman–Crippen LogP) is 4.98. The fourth-order valence-corrected chi connectivity index (χ4v) is 4.13. The van der Waals surface area contributed by atoms with Gasteiger partial charge in [0.2, 0.25) is 3.79 Å². The largest absolute Gasteiger partial charge is 0.497 e. The molecular weight excluding hydrogens is 487 g/mol. The number of carbonyl (C=O) groups is 3. The molecule has 1 aromatic heterocycles. The van der Waals surface area contributed by atoms with Crippen LogP contribution in [-0.4, -0.2) is 41.3 Å². The van der Waals surface area contributed by atoms with E-state index in [1.165, 1.54) is 14.0 Å². The summed E-state index contributed by atoms with van der Waals surface area (Å²) in [6, 6.07) is 6.34. The summed E-state index contributed by atoms with van der Waals surface area (Å²) < 4.78 is 8.19. The number of Topliss-reactive ketones (excluding diaryl/α,β-unsaturated/α-hetero) is 1. The lowest BCUT2D eigenvalue weighted by Crippen LogP contribution is -2.49. The highest BCUT2D eigenvalue weighted by atomic mass is 35.6. The lowest BCUT2D eigenvalue weighted by atomic mass is 10.1. The topological polar surface area (TPSA) is 93.7 Å². The molecule has 11 heteroatoms. The number of hydrogen-bond donors (Lipinski definition) is 2. The van der Waals surface area contributed by atoms with Gasteiger partial charge in [-0.05, 0) is 50.6 Å². The Morgan fingerprint density at radius 1 is 1.16 bits per heavy atom. The Bertz CT molecular complexity index is 970. The quantitative estimate of drug-likeness (QED) is 0.226. The fourth-order valence-electron chi connectivity index (χ4n) is 2.69. The van der Waals surface area contributed by atoms with Gasteiger partial charge in [0.25, 0.3) is 5.91 Å². The molecule has 0 saturated heterocycles. The van der Waals surface area contributed by atoms with Crippen LogP contribution in [0.1, 0.15) is 49.8 Å². The SMILES string of the molecule is CCOC(=O)c1c(N[C@@H](NC(=O)c2ccc(OC)cc2)C(Cl)(Cl)Cl)sc(C(C)=O)c1C. The molecule has 0 saturated carbocycles. The van der Waals surface area contributed by atoms with Gasteiger partial charge < -0.3 is 20.1 Å². The Kier molecular flexibility index (Phi) is 8.59. The maximum atomic E-state index is 12.7. The van der Waals surface area contributed by atoms with Crippen molar-refractivity contribution in [3.8, 4) is 5.75 Å². The monoisotopic (exact) mass is 506 g/mol. The number of nitrogens with one attached hydrogen (secondary N) is 2. The number of ether oxygens (including phenoxy) is 2. The van der Waals surface area contributed by atoms with Gasteiger partial charge in [-0.1, -0.05) is 34.8 Å². The Morgan fingerprint density at radius 2 is 1.77 bits per heavy atom. The summed E-state index contributed by atoms with van der Waals surface area (Å²) in [4.78, 5) is 37.5. The van der Waals surface area contributed by atoms with Gasteiger partial charge in [0.15, 0.2) is 5.78 Å². The Hall–Kier alpha value is -2.00.